The number of hydrogen-bond donors (Lipinski definition) is 2. The Morgan fingerprint density at radius 1 is 1.10 bits per heavy atom. The van der Waals surface area contributed by atoms with Crippen LogP contribution in [0, 0.1) is 11.8 Å². The van der Waals surface area contributed by atoms with Crippen molar-refractivity contribution < 1.29 is 14.4 Å². The van der Waals surface area contributed by atoms with Crippen molar-refractivity contribution >= 4 is 40.9 Å². The van der Waals surface area contributed by atoms with Gasteiger partial charge in [-0.2, -0.15) is 0 Å². The molecule has 0 bridgehead atoms. The number of halogens is 2. The van der Waals surface area contributed by atoms with Crippen LogP contribution in [0.3, 0.4) is 0 Å². The molecule has 166 valence electrons. The summed E-state index contributed by atoms with van der Waals surface area (Å²) in [6.07, 6.45) is 1.92. The quantitative estimate of drug-likeness (QED) is 0.653. The Kier molecular flexibility index (Phi) is 8.98. The summed E-state index contributed by atoms with van der Waals surface area (Å²) >= 11 is 12.0. The molecule has 30 heavy (non-hydrogen) atoms. The average Bonchev–Trinajstić information content (AvgIpc) is 2.66. The van der Waals surface area contributed by atoms with Gasteiger partial charge >= 0.3 is 0 Å². The summed E-state index contributed by atoms with van der Waals surface area (Å²) in [4.78, 5) is 39.6. The van der Waals surface area contributed by atoms with Crippen LogP contribution in [0.2, 0.25) is 10.0 Å². The smallest absolute Gasteiger partial charge is 0.253 e. The second-order valence-corrected chi connectivity index (χ2v) is 9.39. The van der Waals surface area contributed by atoms with E-state index in [0.717, 1.165) is 0 Å². The van der Waals surface area contributed by atoms with Crippen molar-refractivity contribution in [3.8, 4) is 0 Å². The lowest BCUT2D eigenvalue weighted by Gasteiger charge is -2.34. The topological polar surface area (TPSA) is 78.5 Å². The fraction of sp³-hybridized carbons (Fsp3) is 0.591. The zero-order valence-corrected chi connectivity index (χ0v) is 19.5. The first-order chi connectivity index (χ1) is 14.1. The SMILES string of the molecule is CC(C)CC(NC(=O)c1ccc(Cl)cc1Cl)C(=O)NC1CCN(C(=O)C(C)C)CC1. The fourth-order valence-electron chi connectivity index (χ4n) is 3.52. The number of rotatable bonds is 7. The van der Waals surface area contributed by atoms with Gasteiger partial charge in [0.05, 0.1) is 10.6 Å². The summed E-state index contributed by atoms with van der Waals surface area (Å²) in [6, 6.07) is 3.96. The third-order valence-electron chi connectivity index (χ3n) is 5.15. The van der Waals surface area contributed by atoms with Gasteiger partial charge in [-0.15, -0.1) is 0 Å². The van der Waals surface area contributed by atoms with Gasteiger partial charge in [-0.25, -0.2) is 0 Å². The van der Waals surface area contributed by atoms with Gasteiger partial charge in [0.1, 0.15) is 6.04 Å². The maximum absolute atomic E-state index is 12.9. The number of carbonyl (C=O) groups is 3. The highest BCUT2D eigenvalue weighted by Gasteiger charge is 2.29. The maximum Gasteiger partial charge on any atom is 0.253 e. The van der Waals surface area contributed by atoms with Gasteiger partial charge in [0, 0.05) is 30.1 Å². The largest absolute Gasteiger partial charge is 0.351 e. The molecule has 1 heterocycles. The van der Waals surface area contributed by atoms with Crippen molar-refractivity contribution in [3.05, 3.63) is 33.8 Å². The van der Waals surface area contributed by atoms with Gasteiger partial charge in [-0.05, 0) is 43.4 Å². The highest BCUT2D eigenvalue weighted by Crippen LogP contribution is 2.21. The van der Waals surface area contributed by atoms with Crippen molar-refractivity contribution in [3.63, 3.8) is 0 Å². The van der Waals surface area contributed by atoms with Crippen LogP contribution in [0.25, 0.3) is 0 Å². The van der Waals surface area contributed by atoms with E-state index in [9.17, 15) is 14.4 Å². The number of nitrogens with zero attached hydrogens (tertiary/aromatic N) is 1. The summed E-state index contributed by atoms with van der Waals surface area (Å²) in [5.74, 6) is -0.288. The molecule has 1 saturated heterocycles. The molecule has 0 spiro atoms. The number of piperidine rings is 1. The Labute approximate surface area is 188 Å². The van der Waals surface area contributed by atoms with Crippen molar-refractivity contribution in [2.24, 2.45) is 11.8 Å². The van der Waals surface area contributed by atoms with Gasteiger partial charge in [0.25, 0.3) is 5.91 Å². The number of hydrogen-bond acceptors (Lipinski definition) is 3. The fourth-order valence-corrected chi connectivity index (χ4v) is 4.02. The highest BCUT2D eigenvalue weighted by molar-refractivity contribution is 6.36. The molecule has 1 unspecified atom stereocenters. The van der Waals surface area contributed by atoms with Crippen LogP contribution < -0.4 is 10.6 Å². The van der Waals surface area contributed by atoms with Crippen LogP contribution in [-0.4, -0.2) is 47.8 Å². The van der Waals surface area contributed by atoms with E-state index in [4.69, 9.17) is 23.2 Å². The zero-order valence-electron chi connectivity index (χ0n) is 18.0. The molecular formula is C22H31Cl2N3O3. The summed E-state index contributed by atoms with van der Waals surface area (Å²) < 4.78 is 0. The Balaban J connectivity index is 1.98. The minimum absolute atomic E-state index is 0.0144. The molecule has 1 fully saturated rings. The van der Waals surface area contributed by atoms with Gasteiger partial charge < -0.3 is 15.5 Å². The third kappa shape index (κ3) is 6.88. The van der Waals surface area contributed by atoms with E-state index in [1.54, 1.807) is 12.1 Å². The summed E-state index contributed by atoms with van der Waals surface area (Å²) in [5, 5.41) is 6.54. The van der Waals surface area contributed by atoms with E-state index in [2.05, 4.69) is 10.6 Å². The number of nitrogens with one attached hydrogen (secondary N) is 2. The number of benzene rings is 1. The molecule has 0 aromatic heterocycles. The molecule has 6 nitrogen and oxygen atoms in total. The van der Waals surface area contributed by atoms with Gasteiger partial charge in [0.15, 0.2) is 0 Å². The van der Waals surface area contributed by atoms with E-state index in [0.29, 0.717) is 37.4 Å². The first-order valence-corrected chi connectivity index (χ1v) is 11.2. The van der Waals surface area contributed by atoms with E-state index in [-0.39, 0.29) is 40.3 Å². The Morgan fingerprint density at radius 3 is 2.27 bits per heavy atom. The van der Waals surface area contributed by atoms with Crippen molar-refractivity contribution in [1.29, 1.82) is 0 Å². The predicted molar refractivity (Wildman–Crippen MR) is 120 cm³/mol. The minimum Gasteiger partial charge on any atom is -0.351 e. The number of likely N-dealkylation sites (tertiary alicyclic amines) is 1. The van der Waals surface area contributed by atoms with E-state index >= 15 is 0 Å². The first-order valence-electron chi connectivity index (χ1n) is 10.4. The van der Waals surface area contributed by atoms with E-state index in [1.807, 2.05) is 32.6 Å². The predicted octanol–water partition coefficient (Wildman–Crippen LogP) is 3.90. The average molecular weight is 456 g/mol. The number of carbonyl (C=O) groups excluding carboxylic acids is 3. The molecule has 2 rings (SSSR count). The Morgan fingerprint density at radius 2 is 1.73 bits per heavy atom. The summed E-state index contributed by atoms with van der Waals surface area (Å²) in [6.45, 7) is 9.03. The molecule has 3 amide bonds. The van der Waals surface area contributed by atoms with E-state index < -0.39 is 11.9 Å². The molecule has 1 aromatic rings. The molecule has 1 aliphatic rings. The third-order valence-corrected chi connectivity index (χ3v) is 5.70. The van der Waals surface area contributed by atoms with Crippen LogP contribution in [-0.2, 0) is 9.59 Å². The number of amides is 3. The molecule has 2 N–H and O–H groups in total. The monoisotopic (exact) mass is 455 g/mol. The lowest BCUT2D eigenvalue weighted by molar-refractivity contribution is -0.135. The van der Waals surface area contributed by atoms with Crippen LogP contribution in [0.1, 0.15) is 57.3 Å². The second-order valence-electron chi connectivity index (χ2n) is 8.54. The van der Waals surface area contributed by atoms with Crippen LogP contribution in [0.4, 0.5) is 0 Å². The molecule has 0 aliphatic carbocycles. The lowest BCUT2D eigenvalue weighted by atomic mass is 10.00. The molecule has 1 aromatic carbocycles. The summed E-state index contributed by atoms with van der Waals surface area (Å²) in [5.41, 5.74) is 0.281. The van der Waals surface area contributed by atoms with Crippen LogP contribution in [0.15, 0.2) is 18.2 Å². The maximum atomic E-state index is 12.9. The standard InChI is InChI=1S/C22H31Cl2N3O3/c1-13(2)11-19(26-20(28)17-6-5-15(23)12-18(17)24)21(29)25-16-7-9-27(10-8-16)22(30)14(3)4/h5-6,12-14,16,19H,7-11H2,1-4H3,(H,25,29)(H,26,28). The first kappa shape index (κ1) is 24.5. The van der Waals surface area contributed by atoms with Gasteiger partial charge in [0.2, 0.25) is 11.8 Å². The Bertz CT molecular complexity index is 775. The highest BCUT2D eigenvalue weighted by atomic mass is 35.5. The van der Waals surface area contributed by atoms with Gasteiger partial charge in [-0.3, -0.25) is 14.4 Å². The van der Waals surface area contributed by atoms with E-state index in [1.165, 1.54) is 6.07 Å². The van der Waals surface area contributed by atoms with Crippen LogP contribution in [0.5, 0.6) is 0 Å². The molecule has 0 saturated carbocycles. The Hall–Kier alpha value is -1.79. The molecular weight excluding hydrogens is 425 g/mol. The zero-order chi connectivity index (χ0) is 22.4. The van der Waals surface area contributed by atoms with Crippen molar-refractivity contribution in [1.82, 2.24) is 15.5 Å². The normalized spacial score (nSPS) is 15.9. The lowest BCUT2D eigenvalue weighted by Crippen LogP contribution is -2.53. The van der Waals surface area contributed by atoms with Crippen molar-refractivity contribution in [2.75, 3.05) is 13.1 Å². The molecule has 1 atom stereocenters. The van der Waals surface area contributed by atoms with Gasteiger partial charge in [-0.1, -0.05) is 50.9 Å². The molecule has 1 aliphatic heterocycles. The molecule has 0 radical (unpaired) electrons. The summed E-state index contributed by atoms with van der Waals surface area (Å²) in [7, 11) is 0. The van der Waals surface area contributed by atoms with Crippen LogP contribution >= 0.6 is 23.2 Å². The second kappa shape index (κ2) is 11.0. The minimum atomic E-state index is -0.667. The van der Waals surface area contributed by atoms with Crippen molar-refractivity contribution in [2.45, 2.75) is 59.0 Å². The molecule has 8 heteroatoms.